The fraction of sp³-hybridized carbons (Fsp3) is 0.583. The first kappa shape index (κ1) is 10.6. The van der Waals surface area contributed by atoms with Crippen molar-refractivity contribution < 1.29 is 0 Å². The molecule has 1 aliphatic rings. The Morgan fingerprint density at radius 2 is 2.07 bits per heavy atom. The van der Waals surface area contributed by atoms with Crippen LogP contribution in [0.4, 0.5) is 0 Å². The van der Waals surface area contributed by atoms with E-state index in [4.69, 9.17) is 0 Å². The van der Waals surface area contributed by atoms with Gasteiger partial charge in [0.05, 0.1) is 5.69 Å². The third-order valence-corrected chi connectivity index (χ3v) is 3.06. The number of rotatable bonds is 2. The van der Waals surface area contributed by atoms with E-state index in [1.54, 1.807) is 0 Å². The summed E-state index contributed by atoms with van der Waals surface area (Å²) in [7, 11) is 0. The monoisotopic (exact) mass is 205 g/mol. The second kappa shape index (κ2) is 4.73. The average Bonchev–Trinajstić information content (AvgIpc) is 2.30. The largest absolute Gasteiger partial charge is 0.314 e. The zero-order valence-corrected chi connectivity index (χ0v) is 9.53. The van der Waals surface area contributed by atoms with Gasteiger partial charge in [0.15, 0.2) is 0 Å². The molecule has 0 aliphatic carbocycles. The Bertz CT molecular complexity index is 301. The molecule has 1 saturated heterocycles. The molecule has 1 unspecified atom stereocenters. The fourth-order valence-electron chi connectivity index (χ4n) is 1.98. The maximum absolute atomic E-state index is 4.49. The molecular formula is C12H19N3. The Hall–Kier alpha value is -0.930. The van der Waals surface area contributed by atoms with E-state index in [1.165, 1.54) is 11.3 Å². The molecule has 2 rings (SSSR count). The molecule has 1 aliphatic heterocycles. The second-order valence-corrected chi connectivity index (χ2v) is 4.22. The number of pyridine rings is 1. The summed E-state index contributed by atoms with van der Waals surface area (Å²) in [5.41, 5.74) is 2.41. The van der Waals surface area contributed by atoms with Gasteiger partial charge in [-0.05, 0) is 25.5 Å². The SMILES string of the molecule is Cc1ccc(C(C)N2CCNCC2)nc1. The lowest BCUT2D eigenvalue weighted by molar-refractivity contribution is 0.182. The van der Waals surface area contributed by atoms with E-state index in [0.29, 0.717) is 6.04 Å². The minimum absolute atomic E-state index is 0.438. The van der Waals surface area contributed by atoms with Crippen LogP contribution < -0.4 is 5.32 Å². The quantitative estimate of drug-likeness (QED) is 0.790. The lowest BCUT2D eigenvalue weighted by Gasteiger charge is -2.32. The van der Waals surface area contributed by atoms with E-state index in [-0.39, 0.29) is 0 Å². The van der Waals surface area contributed by atoms with Gasteiger partial charge in [0, 0.05) is 38.4 Å². The zero-order chi connectivity index (χ0) is 10.7. The highest BCUT2D eigenvalue weighted by molar-refractivity contribution is 5.14. The summed E-state index contributed by atoms with van der Waals surface area (Å²) >= 11 is 0. The average molecular weight is 205 g/mol. The van der Waals surface area contributed by atoms with Crippen LogP contribution >= 0.6 is 0 Å². The van der Waals surface area contributed by atoms with Crippen molar-refractivity contribution in [2.75, 3.05) is 26.2 Å². The minimum Gasteiger partial charge on any atom is -0.314 e. The molecule has 0 saturated carbocycles. The number of aryl methyl sites for hydroxylation is 1. The van der Waals surface area contributed by atoms with Gasteiger partial charge in [0.25, 0.3) is 0 Å². The van der Waals surface area contributed by atoms with Crippen LogP contribution in [0.25, 0.3) is 0 Å². The summed E-state index contributed by atoms with van der Waals surface area (Å²) < 4.78 is 0. The predicted molar refractivity (Wildman–Crippen MR) is 61.8 cm³/mol. The van der Waals surface area contributed by atoms with E-state index in [2.05, 4.69) is 41.2 Å². The Morgan fingerprint density at radius 3 is 2.67 bits per heavy atom. The molecule has 1 atom stereocenters. The first-order valence-electron chi connectivity index (χ1n) is 5.64. The van der Waals surface area contributed by atoms with E-state index in [9.17, 15) is 0 Å². The Morgan fingerprint density at radius 1 is 1.33 bits per heavy atom. The van der Waals surface area contributed by atoms with E-state index >= 15 is 0 Å². The van der Waals surface area contributed by atoms with Crippen molar-refractivity contribution in [2.45, 2.75) is 19.9 Å². The molecule has 0 radical (unpaired) electrons. The predicted octanol–water partition coefficient (Wildman–Crippen LogP) is 1.36. The number of piperazine rings is 1. The molecule has 0 aromatic carbocycles. The van der Waals surface area contributed by atoms with Gasteiger partial charge >= 0.3 is 0 Å². The van der Waals surface area contributed by atoms with Crippen LogP contribution in [0.5, 0.6) is 0 Å². The van der Waals surface area contributed by atoms with Crippen molar-refractivity contribution in [1.29, 1.82) is 0 Å². The topological polar surface area (TPSA) is 28.2 Å². The van der Waals surface area contributed by atoms with Gasteiger partial charge in [0.2, 0.25) is 0 Å². The van der Waals surface area contributed by atoms with Crippen LogP contribution in [0.1, 0.15) is 24.2 Å². The molecule has 82 valence electrons. The van der Waals surface area contributed by atoms with Crippen LogP contribution in [0.15, 0.2) is 18.3 Å². The maximum atomic E-state index is 4.49. The van der Waals surface area contributed by atoms with Gasteiger partial charge < -0.3 is 5.32 Å². The molecule has 1 fully saturated rings. The number of hydrogen-bond acceptors (Lipinski definition) is 3. The van der Waals surface area contributed by atoms with Crippen LogP contribution in [0, 0.1) is 6.92 Å². The van der Waals surface area contributed by atoms with Crippen molar-refractivity contribution in [1.82, 2.24) is 15.2 Å². The molecule has 1 aromatic heterocycles. The number of hydrogen-bond donors (Lipinski definition) is 1. The smallest absolute Gasteiger partial charge is 0.0572 e. The number of aromatic nitrogens is 1. The standard InChI is InChI=1S/C12H19N3/c1-10-3-4-12(14-9-10)11(2)15-7-5-13-6-8-15/h3-4,9,11,13H,5-8H2,1-2H3. The lowest BCUT2D eigenvalue weighted by atomic mass is 10.1. The molecule has 3 heteroatoms. The van der Waals surface area contributed by atoms with Crippen LogP contribution in [-0.4, -0.2) is 36.1 Å². The van der Waals surface area contributed by atoms with Crippen molar-refractivity contribution in [3.8, 4) is 0 Å². The highest BCUT2D eigenvalue weighted by Gasteiger charge is 2.18. The highest BCUT2D eigenvalue weighted by Crippen LogP contribution is 2.18. The minimum atomic E-state index is 0.438. The summed E-state index contributed by atoms with van der Waals surface area (Å²) in [5, 5.41) is 3.37. The van der Waals surface area contributed by atoms with Crippen LogP contribution in [0.3, 0.4) is 0 Å². The van der Waals surface area contributed by atoms with E-state index in [0.717, 1.165) is 26.2 Å². The normalized spacial score (nSPS) is 20.1. The van der Waals surface area contributed by atoms with E-state index in [1.807, 2.05) is 6.20 Å². The third-order valence-electron chi connectivity index (χ3n) is 3.06. The number of nitrogens with zero attached hydrogens (tertiary/aromatic N) is 2. The second-order valence-electron chi connectivity index (χ2n) is 4.22. The zero-order valence-electron chi connectivity index (χ0n) is 9.53. The first-order chi connectivity index (χ1) is 7.27. The maximum Gasteiger partial charge on any atom is 0.0572 e. The molecule has 1 aromatic rings. The molecular weight excluding hydrogens is 186 g/mol. The van der Waals surface area contributed by atoms with Crippen LogP contribution in [0.2, 0.25) is 0 Å². The lowest BCUT2D eigenvalue weighted by Crippen LogP contribution is -2.44. The third kappa shape index (κ3) is 2.55. The Balaban J connectivity index is 2.05. The van der Waals surface area contributed by atoms with Gasteiger partial charge in [0.1, 0.15) is 0 Å². The van der Waals surface area contributed by atoms with Gasteiger partial charge in [-0.15, -0.1) is 0 Å². The van der Waals surface area contributed by atoms with Crippen molar-refractivity contribution in [3.05, 3.63) is 29.6 Å². The van der Waals surface area contributed by atoms with E-state index < -0.39 is 0 Å². The summed E-state index contributed by atoms with van der Waals surface area (Å²) in [6.07, 6.45) is 1.95. The molecule has 3 nitrogen and oxygen atoms in total. The summed E-state index contributed by atoms with van der Waals surface area (Å²) in [6.45, 7) is 8.75. The van der Waals surface area contributed by atoms with Gasteiger partial charge in [-0.25, -0.2) is 0 Å². The molecule has 0 bridgehead atoms. The van der Waals surface area contributed by atoms with Crippen LogP contribution in [-0.2, 0) is 0 Å². The van der Waals surface area contributed by atoms with Crippen molar-refractivity contribution in [2.24, 2.45) is 0 Å². The summed E-state index contributed by atoms with van der Waals surface area (Å²) in [6, 6.07) is 4.72. The molecule has 0 spiro atoms. The van der Waals surface area contributed by atoms with Gasteiger partial charge in [-0.2, -0.15) is 0 Å². The van der Waals surface area contributed by atoms with Crippen molar-refractivity contribution in [3.63, 3.8) is 0 Å². The van der Waals surface area contributed by atoms with Gasteiger partial charge in [-0.1, -0.05) is 6.07 Å². The summed E-state index contributed by atoms with van der Waals surface area (Å²) in [5.74, 6) is 0. The Kier molecular flexibility index (Phi) is 3.34. The molecule has 2 heterocycles. The van der Waals surface area contributed by atoms with Gasteiger partial charge in [-0.3, -0.25) is 9.88 Å². The fourth-order valence-corrected chi connectivity index (χ4v) is 1.98. The highest BCUT2D eigenvalue weighted by atomic mass is 15.2. The summed E-state index contributed by atoms with van der Waals surface area (Å²) in [4.78, 5) is 6.97. The van der Waals surface area contributed by atoms with Crippen molar-refractivity contribution >= 4 is 0 Å². The molecule has 0 amide bonds. The molecule has 1 N–H and O–H groups in total. The number of nitrogens with one attached hydrogen (secondary N) is 1. The molecule has 15 heavy (non-hydrogen) atoms. The Labute approximate surface area is 91.5 Å². The first-order valence-corrected chi connectivity index (χ1v) is 5.64.